The average Bonchev–Trinajstić information content (AvgIpc) is 2.98. The Morgan fingerprint density at radius 2 is 2.13 bits per heavy atom. The van der Waals surface area contributed by atoms with Crippen molar-refractivity contribution in [2.24, 2.45) is 0 Å². The van der Waals surface area contributed by atoms with E-state index in [-0.39, 0.29) is 17.5 Å². The van der Waals surface area contributed by atoms with E-state index < -0.39 is 0 Å². The van der Waals surface area contributed by atoms with E-state index in [2.05, 4.69) is 36.5 Å². The minimum absolute atomic E-state index is 0.0000397. The molecule has 6 heteroatoms. The molecule has 1 atom stereocenters. The molecule has 5 nitrogen and oxygen atoms in total. The van der Waals surface area contributed by atoms with E-state index in [4.69, 9.17) is 4.74 Å². The number of nitrogens with zero attached hydrogens (tertiary/aromatic N) is 2. The lowest BCUT2D eigenvalue weighted by Crippen LogP contribution is -2.46. The molecule has 1 aromatic rings. The number of urea groups is 1. The van der Waals surface area contributed by atoms with Crippen LogP contribution in [0.4, 0.5) is 4.79 Å². The molecule has 1 saturated heterocycles. The quantitative estimate of drug-likeness (QED) is 0.910. The first kappa shape index (κ1) is 18.2. The second-order valence-corrected chi connectivity index (χ2v) is 8.02. The lowest BCUT2D eigenvalue weighted by atomic mass is 9.93. The highest BCUT2D eigenvalue weighted by molar-refractivity contribution is 7.09. The number of likely N-dealkylation sites (tertiary alicyclic amines) is 1. The summed E-state index contributed by atoms with van der Waals surface area (Å²) in [5, 5.41) is 6.13. The van der Waals surface area contributed by atoms with Gasteiger partial charge in [-0.05, 0) is 26.7 Å². The number of amides is 2. The Morgan fingerprint density at radius 3 is 2.65 bits per heavy atom. The van der Waals surface area contributed by atoms with Crippen LogP contribution in [0.5, 0.6) is 0 Å². The Morgan fingerprint density at radius 1 is 1.48 bits per heavy atom. The van der Waals surface area contributed by atoms with Crippen LogP contribution in [0, 0.1) is 0 Å². The molecule has 1 N–H and O–H groups in total. The molecule has 0 radical (unpaired) electrons. The number of ether oxygens (including phenoxy) is 1. The van der Waals surface area contributed by atoms with Crippen LogP contribution >= 0.6 is 11.3 Å². The summed E-state index contributed by atoms with van der Waals surface area (Å²) >= 11 is 1.62. The minimum Gasteiger partial charge on any atom is -0.378 e. The largest absolute Gasteiger partial charge is 0.378 e. The molecule has 2 amide bonds. The first-order valence-corrected chi connectivity index (χ1v) is 9.32. The lowest BCUT2D eigenvalue weighted by molar-refractivity contribution is 0.0218. The van der Waals surface area contributed by atoms with Gasteiger partial charge in [0, 0.05) is 30.5 Å². The number of rotatable bonds is 4. The molecule has 130 valence electrons. The number of hydrogen-bond acceptors (Lipinski definition) is 4. The number of hydrogen-bond donors (Lipinski definition) is 1. The van der Waals surface area contributed by atoms with E-state index >= 15 is 0 Å². The molecule has 1 aromatic heterocycles. The normalized spacial score (nSPS) is 18.0. The van der Waals surface area contributed by atoms with Crippen LogP contribution < -0.4 is 5.32 Å². The Balaban J connectivity index is 1.87. The third-order valence-corrected chi connectivity index (χ3v) is 5.16. The van der Waals surface area contributed by atoms with Crippen molar-refractivity contribution in [3.05, 3.63) is 16.1 Å². The topological polar surface area (TPSA) is 54.5 Å². The molecule has 23 heavy (non-hydrogen) atoms. The summed E-state index contributed by atoms with van der Waals surface area (Å²) in [6, 6.07) is -0.0619. The first-order valence-electron chi connectivity index (χ1n) is 8.44. The molecule has 0 aromatic carbocycles. The summed E-state index contributed by atoms with van der Waals surface area (Å²) in [6.07, 6.45) is 2.14. The summed E-state index contributed by atoms with van der Waals surface area (Å²) in [7, 11) is 0. The Kier molecular flexibility index (Phi) is 6.03. The predicted molar refractivity (Wildman–Crippen MR) is 94.0 cm³/mol. The number of nitrogens with one attached hydrogen (secondary N) is 1. The van der Waals surface area contributed by atoms with Gasteiger partial charge in [0.15, 0.2) is 0 Å². The maximum absolute atomic E-state index is 12.4. The van der Waals surface area contributed by atoms with E-state index in [1.807, 2.05) is 18.7 Å². The third kappa shape index (κ3) is 4.91. The third-order valence-electron chi connectivity index (χ3n) is 4.13. The van der Waals surface area contributed by atoms with E-state index in [1.165, 1.54) is 0 Å². The molecule has 0 saturated carbocycles. The molecule has 1 aliphatic heterocycles. The first-order chi connectivity index (χ1) is 10.8. The molecular formula is C17H29N3O2S. The molecule has 0 spiro atoms. The SMILES string of the molecule is CCOC1CCN(C(=O)N[C@H](C)c2nc(C(C)(C)C)cs2)CC1. The predicted octanol–water partition coefficient (Wildman–Crippen LogP) is 3.71. The van der Waals surface area contributed by atoms with Gasteiger partial charge in [-0.3, -0.25) is 0 Å². The van der Waals surface area contributed by atoms with E-state index in [9.17, 15) is 4.79 Å². The summed E-state index contributed by atoms with van der Waals surface area (Å²) in [5.41, 5.74) is 1.12. The van der Waals surface area contributed by atoms with E-state index in [0.29, 0.717) is 6.10 Å². The Bertz CT molecular complexity index is 516. The van der Waals surface area contributed by atoms with Crippen molar-refractivity contribution in [3.8, 4) is 0 Å². The second-order valence-electron chi connectivity index (χ2n) is 7.13. The highest BCUT2D eigenvalue weighted by atomic mass is 32.1. The van der Waals surface area contributed by atoms with Gasteiger partial charge in [-0.15, -0.1) is 11.3 Å². The Hall–Kier alpha value is -1.14. The number of thiazole rings is 1. The van der Waals surface area contributed by atoms with E-state index in [1.54, 1.807) is 11.3 Å². The van der Waals surface area contributed by atoms with Gasteiger partial charge in [0.1, 0.15) is 5.01 Å². The molecule has 2 heterocycles. The van der Waals surface area contributed by atoms with Gasteiger partial charge < -0.3 is 15.0 Å². The van der Waals surface area contributed by atoms with Gasteiger partial charge in [0.05, 0.1) is 17.8 Å². The fourth-order valence-corrected chi connectivity index (χ4v) is 3.68. The molecule has 2 rings (SSSR count). The van der Waals surface area contributed by atoms with Crippen LogP contribution in [-0.2, 0) is 10.2 Å². The molecule has 0 bridgehead atoms. The fourth-order valence-electron chi connectivity index (χ4n) is 2.63. The van der Waals surface area contributed by atoms with Crippen LogP contribution in [0.2, 0.25) is 0 Å². The molecule has 1 fully saturated rings. The van der Waals surface area contributed by atoms with Gasteiger partial charge >= 0.3 is 6.03 Å². The number of carbonyl (C=O) groups is 1. The van der Waals surface area contributed by atoms with Gasteiger partial charge in [-0.2, -0.15) is 0 Å². The van der Waals surface area contributed by atoms with Crippen molar-refractivity contribution in [2.75, 3.05) is 19.7 Å². The zero-order valence-corrected chi connectivity index (χ0v) is 15.7. The average molecular weight is 340 g/mol. The Labute approximate surface area is 143 Å². The minimum atomic E-state index is -0.0618. The lowest BCUT2D eigenvalue weighted by Gasteiger charge is -2.32. The van der Waals surface area contributed by atoms with Crippen molar-refractivity contribution in [2.45, 2.75) is 65.0 Å². The van der Waals surface area contributed by atoms with Crippen LogP contribution in [0.1, 0.15) is 64.2 Å². The zero-order chi connectivity index (χ0) is 17.0. The summed E-state index contributed by atoms with van der Waals surface area (Å²) in [6.45, 7) is 12.7. The molecule has 1 aliphatic rings. The van der Waals surface area contributed by atoms with Crippen molar-refractivity contribution in [1.29, 1.82) is 0 Å². The number of carbonyl (C=O) groups excluding carboxylic acids is 1. The van der Waals surface area contributed by atoms with Crippen molar-refractivity contribution in [3.63, 3.8) is 0 Å². The molecule has 0 aliphatic carbocycles. The van der Waals surface area contributed by atoms with Crippen LogP contribution in [0.3, 0.4) is 0 Å². The summed E-state index contributed by atoms with van der Waals surface area (Å²) < 4.78 is 5.63. The van der Waals surface area contributed by atoms with Crippen molar-refractivity contribution >= 4 is 17.4 Å². The van der Waals surface area contributed by atoms with Gasteiger partial charge in [0.25, 0.3) is 0 Å². The monoisotopic (exact) mass is 339 g/mol. The fraction of sp³-hybridized carbons (Fsp3) is 0.765. The molecule has 0 unspecified atom stereocenters. The van der Waals surface area contributed by atoms with Crippen LogP contribution in [-0.4, -0.2) is 41.7 Å². The highest BCUT2D eigenvalue weighted by Crippen LogP contribution is 2.27. The van der Waals surface area contributed by atoms with Crippen LogP contribution in [0.25, 0.3) is 0 Å². The molecular weight excluding hydrogens is 310 g/mol. The van der Waals surface area contributed by atoms with Gasteiger partial charge in [-0.25, -0.2) is 9.78 Å². The smallest absolute Gasteiger partial charge is 0.317 e. The maximum Gasteiger partial charge on any atom is 0.317 e. The summed E-state index contributed by atoms with van der Waals surface area (Å²) in [5.74, 6) is 0. The van der Waals surface area contributed by atoms with E-state index in [0.717, 1.165) is 43.2 Å². The van der Waals surface area contributed by atoms with Crippen LogP contribution in [0.15, 0.2) is 5.38 Å². The standard InChI is InChI=1S/C17H29N3O2S/c1-6-22-13-7-9-20(10-8-13)16(21)18-12(2)15-19-14(11-23-15)17(3,4)5/h11-13H,6-10H2,1-5H3,(H,18,21)/t12-/m1/s1. The summed E-state index contributed by atoms with van der Waals surface area (Å²) in [4.78, 5) is 19.0. The second kappa shape index (κ2) is 7.62. The van der Waals surface area contributed by atoms with Crippen molar-refractivity contribution in [1.82, 2.24) is 15.2 Å². The maximum atomic E-state index is 12.4. The number of aromatic nitrogens is 1. The highest BCUT2D eigenvalue weighted by Gasteiger charge is 2.25. The number of piperidine rings is 1. The zero-order valence-electron chi connectivity index (χ0n) is 14.9. The van der Waals surface area contributed by atoms with Gasteiger partial charge in [-0.1, -0.05) is 20.8 Å². The van der Waals surface area contributed by atoms with Gasteiger partial charge in [0.2, 0.25) is 0 Å². The van der Waals surface area contributed by atoms with Crippen molar-refractivity contribution < 1.29 is 9.53 Å².